The molecule has 0 radical (unpaired) electrons. The first-order chi connectivity index (χ1) is 7.72. The van der Waals surface area contributed by atoms with Crippen molar-refractivity contribution in [3.63, 3.8) is 0 Å². The molecule has 0 unspecified atom stereocenters. The van der Waals surface area contributed by atoms with Gasteiger partial charge in [-0.25, -0.2) is 0 Å². The van der Waals surface area contributed by atoms with Crippen LogP contribution in [0.2, 0.25) is 0 Å². The summed E-state index contributed by atoms with van der Waals surface area (Å²) < 4.78 is 1.74. The van der Waals surface area contributed by atoms with Crippen LogP contribution in [0, 0.1) is 12.3 Å². The number of hydrogen-bond acceptors (Lipinski definition) is 3. The summed E-state index contributed by atoms with van der Waals surface area (Å²) in [7, 11) is 1.87. The highest BCUT2D eigenvalue weighted by Crippen LogP contribution is 1.93. The first kappa shape index (κ1) is 12.3. The molecule has 86 valence electrons. The average Bonchev–Trinajstić information content (AvgIpc) is 2.65. The van der Waals surface area contributed by atoms with Gasteiger partial charge >= 0.3 is 0 Å². The first-order valence-corrected chi connectivity index (χ1v) is 5.12. The summed E-state index contributed by atoms with van der Waals surface area (Å²) in [5, 5.41) is 9.81. The highest BCUT2D eigenvalue weighted by molar-refractivity contribution is 5.77. The van der Waals surface area contributed by atoms with Gasteiger partial charge in [-0.3, -0.25) is 14.8 Å². The standard InChI is InChI=1S/C11H16N4O/c1-3-6-12-9-11(16)13-7-4-10-5-8-15(2)14-10/h1,5,8,12H,4,6-7,9H2,2H3,(H,13,16). The number of carbonyl (C=O) groups is 1. The fourth-order valence-corrected chi connectivity index (χ4v) is 1.24. The molecule has 0 atom stereocenters. The zero-order valence-electron chi connectivity index (χ0n) is 9.36. The maximum atomic E-state index is 11.2. The molecule has 0 saturated carbocycles. The number of carbonyl (C=O) groups excluding carboxylic acids is 1. The summed E-state index contributed by atoms with van der Waals surface area (Å²) in [6.45, 7) is 1.26. The Morgan fingerprint density at radius 3 is 3.12 bits per heavy atom. The second-order valence-corrected chi connectivity index (χ2v) is 3.39. The van der Waals surface area contributed by atoms with Crippen molar-refractivity contribution in [1.29, 1.82) is 0 Å². The van der Waals surface area contributed by atoms with Gasteiger partial charge in [0.15, 0.2) is 0 Å². The molecule has 1 amide bonds. The van der Waals surface area contributed by atoms with E-state index in [2.05, 4.69) is 21.7 Å². The van der Waals surface area contributed by atoms with Crippen LogP contribution in [0.15, 0.2) is 12.3 Å². The number of aryl methyl sites for hydroxylation is 1. The number of nitrogens with zero attached hydrogens (tertiary/aromatic N) is 2. The fourth-order valence-electron chi connectivity index (χ4n) is 1.24. The molecule has 0 aromatic carbocycles. The third-order valence-electron chi connectivity index (χ3n) is 1.98. The van der Waals surface area contributed by atoms with Gasteiger partial charge in [-0.15, -0.1) is 6.42 Å². The maximum absolute atomic E-state index is 11.2. The minimum absolute atomic E-state index is 0.0498. The van der Waals surface area contributed by atoms with Crippen LogP contribution in [-0.4, -0.2) is 35.3 Å². The monoisotopic (exact) mass is 220 g/mol. The predicted molar refractivity (Wildman–Crippen MR) is 61.6 cm³/mol. The second kappa shape index (κ2) is 6.64. The Labute approximate surface area is 95.2 Å². The third kappa shape index (κ3) is 4.62. The Bertz CT molecular complexity index is 378. The van der Waals surface area contributed by atoms with Crippen molar-refractivity contribution in [2.75, 3.05) is 19.6 Å². The number of rotatable bonds is 6. The summed E-state index contributed by atoms with van der Waals surface area (Å²) in [6.07, 6.45) is 7.66. The van der Waals surface area contributed by atoms with E-state index in [4.69, 9.17) is 6.42 Å². The Morgan fingerprint density at radius 1 is 1.69 bits per heavy atom. The Morgan fingerprint density at radius 2 is 2.50 bits per heavy atom. The molecule has 16 heavy (non-hydrogen) atoms. The topological polar surface area (TPSA) is 59.0 Å². The molecule has 1 aromatic heterocycles. The van der Waals surface area contributed by atoms with Crippen LogP contribution in [0.5, 0.6) is 0 Å². The van der Waals surface area contributed by atoms with Crippen molar-refractivity contribution < 1.29 is 4.79 Å². The molecule has 5 heteroatoms. The first-order valence-electron chi connectivity index (χ1n) is 5.12. The summed E-state index contributed by atoms with van der Waals surface area (Å²) in [6, 6.07) is 1.93. The van der Waals surface area contributed by atoms with Gasteiger partial charge in [0.1, 0.15) is 0 Å². The predicted octanol–water partition coefficient (Wildman–Crippen LogP) is -0.698. The fraction of sp³-hybridized carbons (Fsp3) is 0.455. The molecule has 0 saturated heterocycles. The Kier molecular flexibility index (Phi) is 5.09. The van der Waals surface area contributed by atoms with Gasteiger partial charge in [-0.2, -0.15) is 5.10 Å². The second-order valence-electron chi connectivity index (χ2n) is 3.39. The smallest absolute Gasteiger partial charge is 0.233 e. The number of aromatic nitrogens is 2. The molecule has 0 fully saturated rings. The molecule has 1 aromatic rings. The molecule has 5 nitrogen and oxygen atoms in total. The quantitative estimate of drug-likeness (QED) is 0.492. The van der Waals surface area contributed by atoms with E-state index in [1.807, 2.05) is 19.3 Å². The van der Waals surface area contributed by atoms with Crippen molar-refractivity contribution in [2.24, 2.45) is 7.05 Å². The van der Waals surface area contributed by atoms with Crippen LogP contribution >= 0.6 is 0 Å². The van der Waals surface area contributed by atoms with Crippen molar-refractivity contribution >= 4 is 5.91 Å². The molecule has 1 rings (SSSR count). The Hall–Kier alpha value is -1.80. The van der Waals surface area contributed by atoms with Gasteiger partial charge in [0.25, 0.3) is 0 Å². The van der Waals surface area contributed by atoms with E-state index in [1.165, 1.54) is 0 Å². The van der Waals surface area contributed by atoms with Crippen LogP contribution < -0.4 is 10.6 Å². The van der Waals surface area contributed by atoms with Crippen molar-refractivity contribution in [2.45, 2.75) is 6.42 Å². The Balaban J connectivity index is 2.11. The number of terminal acetylenes is 1. The molecule has 0 spiro atoms. The van der Waals surface area contributed by atoms with Gasteiger partial charge in [-0.05, 0) is 6.07 Å². The summed E-state index contributed by atoms with van der Waals surface area (Å²) >= 11 is 0. The van der Waals surface area contributed by atoms with Crippen molar-refractivity contribution in [3.05, 3.63) is 18.0 Å². The number of amides is 1. The summed E-state index contributed by atoms with van der Waals surface area (Å²) in [5.74, 6) is 2.35. The SMILES string of the molecule is C#CCNCC(=O)NCCc1ccn(C)n1. The van der Waals surface area contributed by atoms with E-state index < -0.39 is 0 Å². The maximum Gasteiger partial charge on any atom is 0.233 e. The zero-order chi connectivity index (χ0) is 11.8. The van der Waals surface area contributed by atoms with Crippen LogP contribution in [0.1, 0.15) is 5.69 Å². The van der Waals surface area contributed by atoms with Gasteiger partial charge in [0.2, 0.25) is 5.91 Å². The highest BCUT2D eigenvalue weighted by atomic mass is 16.1. The van der Waals surface area contributed by atoms with Gasteiger partial charge < -0.3 is 5.32 Å². The van der Waals surface area contributed by atoms with Crippen molar-refractivity contribution in [1.82, 2.24) is 20.4 Å². The third-order valence-corrected chi connectivity index (χ3v) is 1.98. The lowest BCUT2D eigenvalue weighted by Crippen LogP contribution is -2.35. The number of nitrogens with one attached hydrogen (secondary N) is 2. The van der Waals surface area contributed by atoms with E-state index in [9.17, 15) is 4.79 Å². The zero-order valence-corrected chi connectivity index (χ0v) is 9.36. The molecular weight excluding hydrogens is 204 g/mol. The molecule has 2 N–H and O–H groups in total. The molecular formula is C11H16N4O. The van der Waals surface area contributed by atoms with E-state index in [0.29, 0.717) is 13.1 Å². The lowest BCUT2D eigenvalue weighted by molar-refractivity contribution is -0.120. The normalized spacial score (nSPS) is 9.75. The van der Waals surface area contributed by atoms with E-state index >= 15 is 0 Å². The average molecular weight is 220 g/mol. The summed E-state index contributed by atoms with van der Waals surface area (Å²) in [5.41, 5.74) is 0.972. The van der Waals surface area contributed by atoms with E-state index in [-0.39, 0.29) is 12.5 Å². The molecule has 0 aliphatic rings. The molecule has 0 bridgehead atoms. The minimum Gasteiger partial charge on any atom is -0.355 e. The lowest BCUT2D eigenvalue weighted by Gasteiger charge is -2.03. The van der Waals surface area contributed by atoms with Crippen LogP contribution in [-0.2, 0) is 18.3 Å². The van der Waals surface area contributed by atoms with E-state index in [0.717, 1.165) is 12.1 Å². The molecule has 1 heterocycles. The van der Waals surface area contributed by atoms with E-state index in [1.54, 1.807) is 4.68 Å². The van der Waals surface area contributed by atoms with Crippen molar-refractivity contribution in [3.8, 4) is 12.3 Å². The molecule has 0 aliphatic heterocycles. The van der Waals surface area contributed by atoms with Crippen LogP contribution in [0.3, 0.4) is 0 Å². The number of hydrogen-bond donors (Lipinski definition) is 2. The lowest BCUT2D eigenvalue weighted by atomic mass is 10.3. The minimum atomic E-state index is -0.0498. The van der Waals surface area contributed by atoms with Gasteiger partial charge in [-0.1, -0.05) is 5.92 Å². The van der Waals surface area contributed by atoms with Gasteiger partial charge in [0, 0.05) is 26.2 Å². The summed E-state index contributed by atoms with van der Waals surface area (Å²) in [4.78, 5) is 11.2. The van der Waals surface area contributed by atoms with Crippen LogP contribution in [0.4, 0.5) is 0 Å². The largest absolute Gasteiger partial charge is 0.355 e. The molecule has 0 aliphatic carbocycles. The van der Waals surface area contributed by atoms with Crippen LogP contribution in [0.25, 0.3) is 0 Å². The van der Waals surface area contributed by atoms with Gasteiger partial charge in [0.05, 0.1) is 18.8 Å². The highest BCUT2D eigenvalue weighted by Gasteiger charge is 2.00.